The SMILES string of the molecule is Cc1ccn2ncc(C(=O)N3CCCCCC3c3cccn3C)c2n1. The first-order valence-electron chi connectivity index (χ1n) is 8.88. The van der Waals surface area contributed by atoms with E-state index >= 15 is 0 Å². The largest absolute Gasteiger partial charge is 0.353 e. The molecule has 0 aromatic carbocycles. The second-order valence-electron chi connectivity index (χ2n) is 6.80. The third kappa shape index (κ3) is 2.81. The number of aromatic nitrogens is 4. The van der Waals surface area contributed by atoms with Crippen molar-refractivity contribution in [2.45, 2.75) is 38.6 Å². The molecule has 4 heterocycles. The van der Waals surface area contributed by atoms with E-state index in [4.69, 9.17) is 0 Å². The van der Waals surface area contributed by atoms with E-state index < -0.39 is 0 Å². The van der Waals surface area contributed by atoms with Crippen LogP contribution in [0.3, 0.4) is 0 Å². The van der Waals surface area contributed by atoms with E-state index in [0.29, 0.717) is 11.2 Å². The molecule has 1 atom stereocenters. The second-order valence-corrected chi connectivity index (χ2v) is 6.80. The molecule has 1 amide bonds. The van der Waals surface area contributed by atoms with Gasteiger partial charge in [0, 0.05) is 37.4 Å². The number of amides is 1. The first-order chi connectivity index (χ1) is 12.1. The molecule has 3 aromatic rings. The fourth-order valence-corrected chi connectivity index (χ4v) is 3.74. The zero-order valence-electron chi connectivity index (χ0n) is 14.7. The maximum absolute atomic E-state index is 13.4. The first kappa shape index (κ1) is 15.9. The van der Waals surface area contributed by atoms with Crippen LogP contribution in [-0.4, -0.2) is 36.5 Å². The molecule has 6 heteroatoms. The Kier molecular flexibility index (Phi) is 4.03. The van der Waals surface area contributed by atoms with Crippen molar-refractivity contribution in [2.24, 2.45) is 7.05 Å². The molecule has 3 aromatic heterocycles. The van der Waals surface area contributed by atoms with Gasteiger partial charge in [-0.1, -0.05) is 12.8 Å². The smallest absolute Gasteiger partial charge is 0.259 e. The summed E-state index contributed by atoms with van der Waals surface area (Å²) in [6, 6.07) is 6.17. The van der Waals surface area contributed by atoms with Crippen molar-refractivity contribution in [3.8, 4) is 0 Å². The van der Waals surface area contributed by atoms with Crippen LogP contribution in [0.2, 0.25) is 0 Å². The highest BCUT2D eigenvalue weighted by molar-refractivity contribution is 5.99. The van der Waals surface area contributed by atoms with Crippen LogP contribution in [0.1, 0.15) is 53.5 Å². The van der Waals surface area contributed by atoms with Crippen LogP contribution < -0.4 is 0 Å². The van der Waals surface area contributed by atoms with Gasteiger partial charge in [0.15, 0.2) is 5.65 Å². The van der Waals surface area contributed by atoms with E-state index in [-0.39, 0.29) is 11.9 Å². The minimum Gasteiger partial charge on any atom is -0.353 e. The number of hydrogen-bond acceptors (Lipinski definition) is 3. The maximum Gasteiger partial charge on any atom is 0.259 e. The molecule has 1 fully saturated rings. The van der Waals surface area contributed by atoms with Gasteiger partial charge in [-0.25, -0.2) is 9.50 Å². The molecule has 0 saturated carbocycles. The van der Waals surface area contributed by atoms with Crippen molar-refractivity contribution >= 4 is 11.6 Å². The lowest BCUT2D eigenvalue weighted by molar-refractivity contribution is 0.0676. The third-order valence-corrected chi connectivity index (χ3v) is 5.08. The molecule has 1 aliphatic heterocycles. The average molecular weight is 337 g/mol. The Morgan fingerprint density at radius 2 is 2.08 bits per heavy atom. The van der Waals surface area contributed by atoms with Crippen molar-refractivity contribution in [3.63, 3.8) is 0 Å². The normalized spacial score (nSPS) is 18.5. The zero-order chi connectivity index (χ0) is 17.4. The van der Waals surface area contributed by atoms with E-state index in [2.05, 4.69) is 20.7 Å². The number of rotatable bonds is 2. The third-order valence-electron chi connectivity index (χ3n) is 5.08. The topological polar surface area (TPSA) is 55.4 Å². The molecule has 0 radical (unpaired) electrons. The van der Waals surface area contributed by atoms with Crippen molar-refractivity contribution in [3.05, 3.63) is 53.7 Å². The van der Waals surface area contributed by atoms with Gasteiger partial charge in [-0.05, 0) is 38.0 Å². The van der Waals surface area contributed by atoms with Gasteiger partial charge in [-0.3, -0.25) is 4.79 Å². The molecule has 25 heavy (non-hydrogen) atoms. The van der Waals surface area contributed by atoms with E-state index in [1.807, 2.05) is 43.4 Å². The molecular formula is C19H23N5O. The minimum atomic E-state index is 0.0289. The summed E-state index contributed by atoms with van der Waals surface area (Å²) < 4.78 is 3.80. The van der Waals surface area contributed by atoms with Crippen LogP contribution in [0.4, 0.5) is 0 Å². The highest BCUT2D eigenvalue weighted by atomic mass is 16.2. The summed E-state index contributed by atoms with van der Waals surface area (Å²) in [5, 5.41) is 4.31. The number of carbonyl (C=O) groups excluding carboxylic acids is 1. The lowest BCUT2D eigenvalue weighted by atomic mass is 10.1. The molecule has 1 aliphatic rings. The van der Waals surface area contributed by atoms with E-state index in [0.717, 1.165) is 37.9 Å². The van der Waals surface area contributed by atoms with Crippen molar-refractivity contribution in [2.75, 3.05) is 6.54 Å². The van der Waals surface area contributed by atoms with Gasteiger partial charge in [0.2, 0.25) is 0 Å². The van der Waals surface area contributed by atoms with Gasteiger partial charge in [0.1, 0.15) is 5.56 Å². The molecule has 130 valence electrons. The molecule has 1 unspecified atom stereocenters. The van der Waals surface area contributed by atoms with Gasteiger partial charge < -0.3 is 9.47 Å². The predicted octanol–water partition coefficient (Wildman–Crippen LogP) is 3.13. The number of likely N-dealkylation sites (tertiary alicyclic amines) is 1. The summed E-state index contributed by atoms with van der Waals surface area (Å²) in [5.74, 6) is 0.0289. The second kappa shape index (κ2) is 6.35. The van der Waals surface area contributed by atoms with Crippen LogP contribution in [0.15, 0.2) is 36.8 Å². The van der Waals surface area contributed by atoms with Gasteiger partial charge in [-0.15, -0.1) is 0 Å². The summed E-state index contributed by atoms with van der Waals surface area (Å²) >= 11 is 0. The zero-order valence-corrected chi connectivity index (χ0v) is 14.7. The fraction of sp³-hybridized carbons (Fsp3) is 0.421. The molecule has 0 spiro atoms. The number of hydrogen-bond donors (Lipinski definition) is 0. The molecule has 4 rings (SSSR count). The lowest BCUT2D eigenvalue weighted by Gasteiger charge is -2.30. The van der Waals surface area contributed by atoms with Gasteiger partial charge in [0.05, 0.1) is 12.2 Å². The Morgan fingerprint density at radius 1 is 1.20 bits per heavy atom. The van der Waals surface area contributed by atoms with Gasteiger partial charge in [0.25, 0.3) is 5.91 Å². The first-order valence-corrected chi connectivity index (χ1v) is 8.88. The Bertz CT molecular complexity index is 910. The van der Waals surface area contributed by atoms with Crippen molar-refractivity contribution < 1.29 is 4.79 Å². The minimum absolute atomic E-state index is 0.0289. The van der Waals surface area contributed by atoms with E-state index in [9.17, 15) is 4.79 Å². The standard InChI is InChI=1S/C19H23N5O/c1-14-9-12-24-18(21-14)15(13-20-24)19(25)23-11-5-3-4-7-17(23)16-8-6-10-22(16)2/h6,8-10,12-13,17H,3-5,7,11H2,1-2H3. The molecule has 0 bridgehead atoms. The Balaban J connectivity index is 1.75. The summed E-state index contributed by atoms with van der Waals surface area (Å²) in [6.07, 6.45) is 9.89. The molecular weight excluding hydrogens is 314 g/mol. The summed E-state index contributed by atoms with van der Waals surface area (Å²) in [5.41, 5.74) is 3.30. The average Bonchev–Trinajstić information content (AvgIpc) is 3.13. The van der Waals surface area contributed by atoms with Crippen LogP contribution in [0.5, 0.6) is 0 Å². The number of carbonyl (C=O) groups is 1. The Hall–Kier alpha value is -2.63. The molecule has 0 N–H and O–H groups in total. The Morgan fingerprint density at radius 3 is 2.88 bits per heavy atom. The molecule has 0 aliphatic carbocycles. The highest BCUT2D eigenvalue weighted by Crippen LogP contribution is 2.31. The summed E-state index contributed by atoms with van der Waals surface area (Å²) in [4.78, 5) is 19.9. The fourth-order valence-electron chi connectivity index (χ4n) is 3.74. The number of fused-ring (bicyclic) bond motifs is 1. The summed E-state index contributed by atoms with van der Waals surface area (Å²) in [7, 11) is 2.04. The van der Waals surface area contributed by atoms with Crippen molar-refractivity contribution in [1.29, 1.82) is 0 Å². The quantitative estimate of drug-likeness (QED) is 0.722. The molecule has 6 nitrogen and oxygen atoms in total. The van der Waals surface area contributed by atoms with Crippen LogP contribution in [0, 0.1) is 6.92 Å². The summed E-state index contributed by atoms with van der Waals surface area (Å²) in [6.45, 7) is 2.71. The van der Waals surface area contributed by atoms with Crippen LogP contribution in [-0.2, 0) is 7.05 Å². The highest BCUT2D eigenvalue weighted by Gasteiger charge is 2.30. The Labute approximate surface area is 147 Å². The van der Waals surface area contributed by atoms with Crippen molar-refractivity contribution in [1.82, 2.24) is 24.1 Å². The van der Waals surface area contributed by atoms with E-state index in [1.165, 1.54) is 5.69 Å². The maximum atomic E-state index is 13.4. The van der Waals surface area contributed by atoms with Gasteiger partial charge >= 0.3 is 0 Å². The lowest BCUT2D eigenvalue weighted by Crippen LogP contribution is -2.35. The van der Waals surface area contributed by atoms with E-state index in [1.54, 1.807) is 10.7 Å². The molecule has 1 saturated heterocycles. The van der Waals surface area contributed by atoms with Gasteiger partial charge in [-0.2, -0.15) is 5.10 Å². The number of nitrogens with zero attached hydrogens (tertiary/aromatic N) is 5. The number of aryl methyl sites for hydroxylation is 2. The predicted molar refractivity (Wildman–Crippen MR) is 95.4 cm³/mol. The monoisotopic (exact) mass is 337 g/mol. The van der Waals surface area contributed by atoms with Crippen LogP contribution in [0.25, 0.3) is 5.65 Å². The van der Waals surface area contributed by atoms with Crippen LogP contribution >= 0.6 is 0 Å².